The molecule has 3 rings (SSSR count). The summed E-state index contributed by atoms with van der Waals surface area (Å²) in [7, 11) is 0. The number of hydrogen-bond acceptors (Lipinski definition) is 3. The minimum atomic E-state index is -0.407. The number of nitrogens with one attached hydrogen (secondary N) is 1. The van der Waals surface area contributed by atoms with E-state index in [0.717, 1.165) is 5.56 Å². The van der Waals surface area contributed by atoms with Crippen LogP contribution in [0.25, 0.3) is 0 Å². The second-order valence-electron chi connectivity index (χ2n) is 5.46. The molecule has 0 radical (unpaired) electrons. The van der Waals surface area contributed by atoms with Crippen molar-refractivity contribution in [3.63, 3.8) is 0 Å². The van der Waals surface area contributed by atoms with Gasteiger partial charge in [0, 0.05) is 23.5 Å². The van der Waals surface area contributed by atoms with Crippen LogP contribution in [0.3, 0.4) is 0 Å². The summed E-state index contributed by atoms with van der Waals surface area (Å²) in [5.74, 6) is -0.916. The molecule has 0 aliphatic rings. The van der Waals surface area contributed by atoms with Crippen molar-refractivity contribution in [2.75, 3.05) is 5.32 Å². The van der Waals surface area contributed by atoms with Crippen LogP contribution in [0.15, 0.2) is 73.1 Å². The normalized spacial score (nSPS) is 10.3. The van der Waals surface area contributed by atoms with Crippen molar-refractivity contribution < 1.29 is 14.0 Å². The highest BCUT2D eigenvalue weighted by Gasteiger charge is 2.15. The Morgan fingerprint density at radius 2 is 1.60 bits per heavy atom. The van der Waals surface area contributed by atoms with E-state index in [9.17, 15) is 14.0 Å². The third-order valence-corrected chi connectivity index (χ3v) is 3.67. The summed E-state index contributed by atoms with van der Waals surface area (Å²) in [5.41, 5.74) is 1.97. The monoisotopic (exact) mass is 334 g/mol. The molecule has 0 unspecified atom stereocenters. The van der Waals surface area contributed by atoms with Crippen molar-refractivity contribution in [2.45, 2.75) is 6.42 Å². The summed E-state index contributed by atoms with van der Waals surface area (Å²) < 4.78 is 13.0. The van der Waals surface area contributed by atoms with Gasteiger partial charge in [0.25, 0.3) is 0 Å². The third-order valence-electron chi connectivity index (χ3n) is 3.67. The maximum atomic E-state index is 13.0. The Morgan fingerprint density at radius 3 is 2.32 bits per heavy atom. The number of amides is 1. The van der Waals surface area contributed by atoms with Crippen molar-refractivity contribution in [1.82, 2.24) is 4.98 Å². The number of para-hydroxylation sites is 1. The van der Waals surface area contributed by atoms with Crippen molar-refractivity contribution in [3.8, 4) is 0 Å². The predicted octanol–water partition coefficient (Wildman–Crippen LogP) is 3.63. The Hall–Kier alpha value is -3.34. The topological polar surface area (TPSA) is 59.1 Å². The zero-order chi connectivity index (χ0) is 17.6. The molecule has 0 saturated heterocycles. The van der Waals surface area contributed by atoms with Gasteiger partial charge in [-0.3, -0.25) is 14.6 Å². The number of carbonyl (C=O) groups excluding carboxylic acids is 2. The van der Waals surface area contributed by atoms with E-state index in [1.54, 1.807) is 48.8 Å². The van der Waals surface area contributed by atoms with E-state index in [2.05, 4.69) is 10.3 Å². The SMILES string of the molecule is O=C(Cc1ccncc1)Nc1ccccc1C(=O)c1ccc(F)cc1. The van der Waals surface area contributed by atoms with Crippen molar-refractivity contribution in [3.05, 3.63) is 95.6 Å². The van der Waals surface area contributed by atoms with E-state index in [1.807, 2.05) is 0 Å². The van der Waals surface area contributed by atoms with E-state index < -0.39 is 5.82 Å². The maximum Gasteiger partial charge on any atom is 0.228 e. The van der Waals surface area contributed by atoms with Crippen LogP contribution in [-0.4, -0.2) is 16.7 Å². The van der Waals surface area contributed by atoms with Gasteiger partial charge in [-0.05, 0) is 54.1 Å². The van der Waals surface area contributed by atoms with Gasteiger partial charge in [0.05, 0.1) is 12.1 Å². The Kier molecular flexibility index (Phi) is 4.95. The summed E-state index contributed by atoms with van der Waals surface area (Å²) >= 11 is 0. The average Bonchev–Trinajstić information content (AvgIpc) is 2.63. The molecule has 0 saturated carbocycles. The highest BCUT2D eigenvalue weighted by molar-refractivity contribution is 6.13. The molecule has 1 N–H and O–H groups in total. The second-order valence-corrected chi connectivity index (χ2v) is 5.46. The zero-order valence-electron chi connectivity index (χ0n) is 13.3. The van der Waals surface area contributed by atoms with Gasteiger partial charge in [-0.15, -0.1) is 0 Å². The van der Waals surface area contributed by atoms with Gasteiger partial charge in [0.2, 0.25) is 5.91 Å². The van der Waals surface area contributed by atoms with Crippen LogP contribution < -0.4 is 5.32 Å². The van der Waals surface area contributed by atoms with E-state index in [0.29, 0.717) is 16.8 Å². The van der Waals surface area contributed by atoms with E-state index in [-0.39, 0.29) is 18.1 Å². The van der Waals surface area contributed by atoms with Crippen LogP contribution in [0, 0.1) is 5.82 Å². The molecule has 1 aromatic heterocycles. The van der Waals surface area contributed by atoms with Crippen LogP contribution in [-0.2, 0) is 11.2 Å². The van der Waals surface area contributed by atoms with E-state index in [4.69, 9.17) is 0 Å². The van der Waals surface area contributed by atoms with Crippen LogP contribution in [0.4, 0.5) is 10.1 Å². The minimum Gasteiger partial charge on any atom is -0.325 e. The highest BCUT2D eigenvalue weighted by atomic mass is 19.1. The third kappa shape index (κ3) is 4.14. The van der Waals surface area contributed by atoms with Crippen LogP contribution in [0.5, 0.6) is 0 Å². The molecule has 4 nitrogen and oxygen atoms in total. The van der Waals surface area contributed by atoms with Crippen LogP contribution in [0.1, 0.15) is 21.5 Å². The number of nitrogens with zero attached hydrogens (tertiary/aromatic N) is 1. The fourth-order valence-corrected chi connectivity index (χ4v) is 2.43. The number of hydrogen-bond donors (Lipinski definition) is 1. The molecule has 3 aromatic rings. The van der Waals surface area contributed by atoms with E-state index in [1.165, 1.54) is 24.3 Å². The lowest BCUT2D eigenvalue weighted by Gasteiger charge is -2.10. The first-order valence-electron chi connectivity index (χ1n) is 7.71. The molecule has 0 aliphatic carbocycles. The quantitative estimate of drug-likeness (QED) is 0.725. The highest BCUT2D eigenvalue weighted by Crippen LogP contribution is 2.20. The lowest BCUT2D eigenvalue weighted by Crippen LogP contribution is -2.17. The summed E-state index contributed by atoms with van der Waals surface area (Å²) in [4.78, 5) is 28.8. The molecule has 1 heterocycles. The Morgan fingerprint density at radius 1 is 0.920 bits per heavy atom. The molecule has 0 spiro atoms. The number of ketones is 1. The predicted molar refractivity (Wildman–Crippen MR) is 92.8 cm³/mol. The molecule has 0 fully saturated rings. The molecule has 25 heavy (non-hydrogen) atoms. The van der Waals surface area contributed by atoms with Gasteiger partial charge in [-0.1, -0.05) is 12.1 Å². The van der Waals surface area contributed by atoms with E-state index >= 15 is 0 Å². The molecule has 2 aromatic carbocycles. The number of aromatic nitrogens is 1. The maximum absolute atomic E-state index is 13.0. The summed E-state index contributed by atoms with van der Waals surface area (Å²) in [5, 5.41) is 2.77. The number of rotatable bonds is 5. The smallest absolute Gasteiger partial charge is 0.228 e. The van der Waals surface area contributed by atoms with Gasteiger partial charge in [0.1, 0.15) is 5.82 Å². The fraction of sp³-hybridized carbons (Fsp3) is 0.0500. The molecule has 5 heteroatoms. The van der Waals surface area contributed by atoms with Crippen LogP contribution in [0.2, 0.25) is 0 Å². The standard InChI is InChI=1S/C20H15FN2O2/c21-16-7-5-15(6-8-16)20(25)17-3-1-2-4-18(17)23-19(24)13-14-9-11-22-12-10-14/h1-12H,13H2,(H,23,24). The van der Waals surface area contributed by atoms with Gasteiger partial charge >= 0.3 is 0 Å². The van der Waals surface area contributed by atoms with Crippen molar-refractivity contribution in [1.29, 1.82) is 0 Å². The Balaban J connectivity index is 1.80. The molecular weight excluding hydrogens is 319 g/mol. The number of pyridine rings is 1. The summed E-state index contributed by atoms with van der Waals surface area (Å²) in [6, 6.07) is 15.6. The molecule has 0 bridgehead atoms. The number of carbonyl (C=O) groups is 2. The molecule has 1 amide bonds. The van der Waals surface area contributed by atoms with Crippen molar-refractivity contribution in [2.24, 2.45) is 0 Å². The second kappa shape index (κ2) is 7.49. The molecule has 0 aliphatic heterocycles. The number of anilines is 1. The van der Waals surface area contributed by atoms with Gasteiger partial charge in [-0.2, -0.15) is 0 Å². The van der Waals surface area contributed by atoms with Crippen LogP contribution >= 0.6 is 0 Å². The average molecular weight is 334 g/mol. The van der Waals surface area contributed by atoms with Gasteiger partial charge in [-0.25, -0.2) is 4.39 Å². The first-order valence-corrected chi connectivity index (χ1v) is 7.71. The lowest BCUT2D eigenvalue weighted by molar-refractivity contribution is -0.115. The lowest BCUT2D eigenvalue weighted by atomic mass is 10.0. The largest absolute Gasteiger partial charge is 0.325 e. The Labute approximate surface area is 144 Å². The first-order chi connectivity index (χ1) is 12.1. The summed E-state index contributed by atoms with van der Waals surface area (Å²) in [6.07, 6.45) is 3.42. The zero-order valence-corrected chi connectivity index (χ0v) is 13.3. The number of benzene rings is 2. The first kappa shape index (κ1) is 16.5. The molecular formula is C20H15FN2O2. The fourth-order valence-electron chi connectivity index (χ4n) is 2.43. The van der Waals surface area contributed by atoms with Crippen molar-refractivity contribution >= 4 is 17.4 Å². The molecule has 0 atom stereocenters. The number of halogens is 1. The summed E-state index contributed by atoms with van der Waals surface area (Å²) in [6.45, 7) is 0. The van der Waals surface area contributed by atoms with Gasteiger partial charge in [0.15, 0.2) is 5.78 Å². The van der Waals surface area contributed by atoms with Gasteiger partial charge < -0.3 is 5.32 Å². The minimum absolute atomic E-state index is 0.182. The Bertz CT molecular complexity index is 893. The molecule has 124 valence electrons.